The highest BCUT2D eigenvalue weighted by molar-refractivity contribution is 6.30. The summed E-state index contributed by atoms with van der Waals surface area (Å²) in [7, 11) is 0. The van der Waals surface area contributed by atoms with Crippen molar-refractivity contribution in [3.8, 4) is 5.75 Å². The summed E-state index contributed by atoms with van der Waals surface area (Å²) in [5.74, 6) is 0.000320. The van der Waals surface area contributed by atoms with Crippen molar-refractivity contribution in [2.75, 3.05) is 5.32 Å². The van der Waals surface area contributed by atoms with E-state index in [1.54, 1.807) is 37.3 Å². The van der Waals surface area contributed by atoms with Crippen LogP contribution in [0.1, 0.15) is 16.7 Å². The maximum atomic E-state index is 11.9. The largest absolute Gasteiger partial charge is 0.508 e. The SMILES string of the molecule is Cc1cc(NC(=O)/C=C/c2ccc(Cl)cc2)c(C)cc1O. The lowest BCUT2D eigenvalue weighted by molar-refractivity contribution is -0.111. The second-order valence-corrected chi connectivity index (χ2v) is 5.26. The van der Waals surface area contributed by atoms with Crippen molar-refractivity contribution in [2.45, 2.75) is 13.8 Å². The predicted octanol–water partition coefficient (Wildman–Crippen LogP) is 4.31. The van der Waals surface area contributed by atoms with E-state index < -0.39 is 0 Å². The molecule has 0 atom stereocenters. The van der Waals surface area contributed by atoms with Crippen LogP contribution in [0.2, 0.25) is 5.02 Å². The molecule has 4 heteroatoms. The van der Waals surface area contributed by atoms with E-state index in [1.807, 2.05) is 19.1 Å². The van der Waals surface area contributed by atoms with Gasteiger partial charge in [-0.05, 0) is 60.9 Å². The van der Waals surface area contributed by atoms with Crippen molar-refractivity contribution in [1.82, 2.24) is 0 Å². The Morgan fingerprint density at radius 3 is 2.48 bits per heavy atom. The van der Waals surface area contributed by atoms with Gasteiger partial charge in [-0.3, -0.25) is 4.79 Å². The number of nitrogens with one attached hydrogen (secondary N) is 1. The lowest BCUT2D eigenvalue weighted by Crippen LogP contribution is -2.09. The number of hydrogen-bond donors (Lipinski definition) is 2. The fourth-order valence-corrected chi connectivity index (χ4v) is 1.98. The Labute approximate surface area is 128 Å². The van der Waals surface area contributed by atoms with Crippen LogP contribution >= 0.6 is 11.6 Å². The molecular weight excluding hydrogens is 286 g/mol. The van der Waals surface area contributed by atoms with Crippen molar-refractivity contribution in [3.63, 3.8) is 0 Å². The molecule has 0 radical (unpaired) electrons. The Balaban J connectivity index is 2.08. The number of hydrogen-bond acceptors (Lipinski definition) is 2. The van der Waals surface area contributed by atoms with Gasteiger partial charge in [0.15, 0.2) is 0 Å². The molecule has 0 aliphatic rings. The van der Waals surface area contributed by atoms with Crippen LogP contribution < -0.4 is 5.32 Å². The Kier molecular flexibility index (Phi) is 4.66. The molecule has 0 saturated carbocycles. The molecule has 21 heavy (non-hydrogen) atoms. The minimum Gasteiger partial charge on any atom is -0.508 e. The summed E-state index contributed by atoms with van der Waals surface area (Å²) in [5.41, 5.74) is 3.12. The first-order valence-electron chi connectivity index (χ1n) is 6.50. The average molecular weight is 302 g/mol. The molecule has 0 saturated heterocycles. The maximum absolute atomic E-state index is 11.9. The van der Waals surface area contributed by atoms with Crippen molar-refractivity contribution in [3.05, 3.63) is 64.2 Å². The predicted molar refractivity (Wildman–Crippen MR) is 86.7 cm³/mol. The van der Waals surface area contributed by atoms with Gasteiger partial charge >= 0.3 is 0 Å². The zero-order valence-electron chi connectivity index (χ0n) is 11.9. The number of carbonyl (C=O) groups is 1. The molecule has 108 valence electrons. The first-order valence-corrected chi connectivity index (χ1v) is 6.88. The summed E-state index contributed by atoms with van der Waals surface area (Å²) < 4.78 is 0. The first-order chi connectivity index (χ1) is 9.95. The minimum atomic E-state index is -0.224. The summed E-state index contributed by atoms with van der Waals surface area (Å²) in [6.07, 6.45) is 3.18. The Morgan fingerprint density at radius 1 is 1.14 bits per heavy atom. The minimum absolute atomic E-state index is 0.224. The molecule has 0 spiro atoms. The van der Waals surface area contributed by atoms with E-state index in [2.05, 4.69) is 5.32 Å². The van der Waals surface area contributed by atoms with Crippen LogP contribution in [0.25, 0.3) is 6.08 Å². The number of aryl methyl sites for hydroxylation is 2. The van der Waals surface area contributed by atoms with Gasteiger partial charge in [0.1, 0.15) is 5.75 Å². The molecule has 3 nitrogen and oxygen atoms in total. The molecule has 0 unspecified atom stereocenters. The Hall–Kier alpha value is -2.26. The quantitative estimate of drug-likeness (QED) is 0.655. The molecule has 1 amide bonds. The molecule has 0 fully saturated rings. The summed E-state index contributed by atoms with van der Waals surface area (Å²) >= 11 is 5.80. The molecule has 2 rings (SSSR count). The molecule has 0 bridgehead atoms. The molecule has 0 aromatic heterocycles. The third-order valence-electron chi connectivity index (χ3n) is 3.10. The number of amides is 1. The van der Waals surface area contributed by atoms with E-state index in [4.69, 9.17) is 11.6 Å². The smallest absolute Gasteiger partial charge is 0.248 e. The first kappa shape index (κ1) is 15.1. The number of rotatable bonds is 3. The van der Waals surface area contributed by atoms with E-state index in [0.717, 1.165) is 16.7 Å². The molecule has 2 N–H and O–H groups in total. The van der Waals surface area contributed by atoms with Gasteiger partial charge in [0.2, 0.25) is 5.91 Å². The summed E-state index contributed by atoms with van der Waals surface area (Å²) in [4.78, 5) is 11.9. The summed E-state index contributed by atoms with van der Waals surface area (Å²) in [6, 6.07) is 10.6. The zero-order valence-corrected chi connectivity index (χ0v) is 12.6. The van der Waals surface area contributed by atoms with Gasteiger partial charge in [-0.2, -0.15) is 0 Å². The lowest BCUT2D eigenvalue weighted by Gasteiger charge is -2.09. The molecule has 0 heterocycles. The molecule has 2 aromatic carbocycles. The average Bonchev–Trinajstić information content (AvgIpc) is 2.44. The van der Waals surface area contributed by atoms with Gasteiger partial charge < -0.3 is 10.4 Å². The fraction of sp³-hybridized carbons (Fsp3) is 0.118. The normalized spacial score (nSPS) is 10.8. The highest BCUT2D eigenvalue weighted by Gasteiger charge is 2.05. The van der Waals surface area contributed by atoms with Crippen molar-refractivity contribution >= 4 is 29.3 Å². The van der Waals surface area contributed by atoms with Crippen LogP contribution in [0.15, 0.2) is 42.5 Å². The molecule has 0 aliphatic carbocycles. The van der Waals surface area contributed by atoms with Crippen LogP contribution in [0.4, 0.5) is 5.69 Å². The standard InChI is InChI=1S/C17H16ClNO2/c1-11-10-16(20)12(2)9-15(11)19-17(21)8-5-13-3-6-14(18)7-4-13/h3-10,20H,1-2H3,(H,19,21)/b8-5+. The Bertz CT molecular complexity index is 691. The van der Waals surface area contributed by atoms with E-state index >= 15 is 0 Å². The molecular formula is C17H16ClNO2. The summed E-state index contributed by atoms with van der Waals surface area (Å²) in [5, 5.41) is 13.1. The third kappa shape index (κ3) is 4.10. The van der Waals surface area contributed by atoms with Crippen molar-refractivity contribution in [1.29, 1.82) is 0 Å². The van der Waals surface area contributed by atoms with Crippen LogP contribution in [-0.2, 0) is 4.79 Å². The van der Waals surface area contributed by atoms with E-state index in [1.165, 1.54) is 6.08 Å². The second-order valence-electron chi connectivity index (χ2n) is 4.83. The van der Waals surface area contributed by atoms with Gasteiger partial charge in [0.05, 0.1) is 0 Å². The number of benzene rings is 2. The zero-order chi connectivity index (χ0) is 15.4. The van der Waals surface area contributed by atoms with Crippen molar-refractivity contribution in [2.24, 2.45) is 0 Å². The molecule has 2 aromatic rings. The van der Waals surface area contributed by atoms with E-state index in [0.29, 0.717) is 10.7 Å². The number of aromatic hydroxyl groups is 1. The number of carbonyl (C=O) groups excluding carboxylic acids is 1. The van der Waals surface area contributed by atoms with Crippen LogP contribution in [-0.4, -0.2) is 11.0 Å². The maximum Gasteiger partial charge on any atom is 0.248 e. The topological polar surface area (TPSA) is 49.3 Å². The van der Waals surface area contributed by atoms with Crippen LogP contribution in [0, 0.1) is 13.8 Å². The highest BCUT2D eigenvalue weighted by atomic mass is 35.5. The van der Waals surface area contributed by atoms with Crippen LogP contribution in [0.5, 0.6) is 5.75 Å². The lowest BCUT2D eigenvalue weighted by atomic mass is 10.1. The summed E-state index contributed by atoms with van der Waals surface area (Å²) in [6.45, 7) is 3.62. The van der Waals surface area contributed by atoms with Gasteiger partial charge in [-0.15, -0.1) is 0 Å². The van der Waals surface area contributed by atoms with Gasteiger partial charge in [0, 0.05) is 16.8 Å². The van der Waals surface area contributed by atoms with Gasteiger partial charge in [-0.25, -0.2) is 0 Å². The highest BCUT2D eigenvalue weighted by Crippen LogP contribution is 2.24. The molecule has 0 aliphatic heterocycles. The van der Waals surface area contributed by atoms with Crippen LogP contribution in [0.3, 0.4) is 0 Å². The second kappa shape index (κ2) is 6.46. The number of halogens is 1. The van der Waals surface area contributed by atoms with Gasteiger partial charge in [-0.1, -0.05) is 23.7 Å². The number of phenols is 1. The third-order valence-corrected chi connectivity index (χ3v) is 3.35. The number of anilines is 1. The fourth-order valence-electron chi connectivity index (χ4n) is 1.86. The van der Waals surface area contributed by atoms with E-state index in [9.17, 15) is 9.90 Å². The monoisotopic (exact) mass is 301 g/mol. The van der Waals surface area contributed by atoms with Gasteiger partial charge in [0.25, 0.3) is 0 Å². The van der Waals surface area contributed by atoms with Crippen molar-refractivity contribution < 1.29 is 9.90 Å². The number of phenolic OH excluding ortho intramolecular Hbond substituents is 1. The van der Waals surface area contributed by atoms with E-state index in [-0.39, 0.29) is 11.7 Å². The Morgan fingerprint density at radius 2 is 1.81 bits per heavy atom.